The van der Waals surface area contributed by atoms with Crippen molar-refractivity contribution in [2.24, 2.45) is 5.92 Å². The highest BCUT2D eigenvalue weighted by atomic mass is 35.5. The number of carbonyl (C=O) groups is 3. The summed E-state index contributed by atoms with van der Waals surface area (Å²) in [5.41, 5.74) is -0.978. The lowest BCUT2D eigenvalue weighted by molar-refractivity contribution is -0.126. The number of nitrogens with one attached hydrogen (secondary N) is 3. The van der Waals surface area contributed by atoms with Gasteiger partial charge in [0.15, 0.2) is 0 Å². The summed E-state index contributed by atoms with van der Waals surface area (Å²) in [6.45, 7) is 0. The number of rotatable bonds is 7. The Kier molecular flexibility index (Phi) is 8.77. The van der Waals surface area contributed by atoms with Crippen molar-refractivity contribution in [1.29, 1.82) is 0 Å². The number of anilines is 3. The third-order valence-corrected chi connectivity index (χ3v) is 7.89. The molecule has 210 valence electrons. The molecule has 0 aromatic heterocycles. The van der Waals surface area contributed by atoms with Crippen LogP contribution in [0.3, 0.4) is 0 Å². The van der Waals surface area contributed by atoms with E-state index in [2.05, 4.69) is 10.6 Å². The molecule has 1 aliphatic carbocycles. The Bertz CT molecular complexity index is 1540. The van der Waals surface area contributed by atoms with Crippen molar-refractivity contribution in [3.05, 3.63) is 86.4 Å². The normalized spacial score (nSPS) is 17.4. The molecule has 3 amide bonds. The van der Waals surface area contributed by atoms with Gasteiger partial charge in [0.05, 0.1) is 37.9 Å². The molecule has 1 unspecified atom stereocenters. The van der Waals surface area contributed by atoms with Crippen LogP contribution in [-0.4, -0.2) is 28.5 Å². The molecule has 0 heterocycles. The summed E-state index contributed by atoms with van der Waals surface area (Å²) in [5.74, 6) is -7.52. The van der Waals surface area contributed by atoms with E-state index >= 15 is 0 Å². The van der Waals surface area contributed by atoms with Gasteiger partial charge in [-0.15, -0.1) is 23.2 Å². The van der Waals surface area contributed by atoms with E-state index in [1.165, 1.54) is 18.2 Å². The lowest BCUT2D eigenvalue weighted by Gasteiger charge is -2.13. The monoisotopic (exact) mass is 655 g/mol. The predicted molar refractivity (Wildman–Crippen MR) is 146 cm³/mol. The number of carbonyl (C=O) groups excluding carboxylic acids is 3. The van der Waals surface area contributed by atoms with E-state index in [9.17, 15) is 31.9 Å². The Morgan fingerprint density at radius 3 is 2.02 bits per heavy atom. The molecule has 3 aromatic carbocycles. The minimum atomic E-state index is -3.46. The average molecular weight is 658 g/mol. The lowest BCUT2D eigenvalue weighted by atomic mass is 10.1. The molecule has 3 aromatic rings. The van der Waals surface area contributed by atoms with Crippen LogP contribution in [0.5, 0.6) is 0 Å². The third-order valence-electron chi connectivity index (χ3n) is 5.88. The number of benzene rings is 3. The maximum absolute atomic E-state index is 14.3. The molecule has 6 nitrogen and oxygen atoms in total. The fraction of sp³-hybridized carbons (Fsp3) is 0.160. The molecule has 0 saturated heterocycles. The molecule has 40 heavy (non-hydrogen) atoms. The molecule has 0 aliphatic heterocycles. The Labute approximate surface area is 248 Å². The van der Waals surface area contributed by atoms with Crippen molar-refractivity contribution < 1.29 is 31.9 Å². The SMILES string of the molecule is O=C(Nc1cc(NC(=O)C(F)F)c(F)cc1F)c1cc(NC(=O)C2[C@H](c3ccc(Cl)c(Cl)c3)C2(Cl)Cl)ccc1Cl. The quantitative estimate of drug-likeness (QED) is 0.178. The van der Waals surface area contributed by atoms with Crippen molar-refractivity contribution in [2.45, 2.75) is 16.7 Å². The molecule has 15 heteroatoms. The molecule has 0 bridgehead atoms. The molecule has 1 saturated carbocycles. The van der Waals surface area contributed by atoms with Gasteiger partial charge in [0, 0.05) is 17.7 Å². The van der Waals surface area contributed by atoms with Gasteiger partial charge in [0.2, 0.25) is 5.91 Å². The second-order valence-corrected chi connectivity index (χ2v) is 11.2. The Hall–Kier alpha value is -2.76. The summed E-state index contributed by atoms with van der Waals surface area (Å²) < 4.78 is 51.8. The summed E-state index contributed by atoms with van der Waals surface area (Å²) in [7, 11) is 0. The van der Waals surface area contributed by atoms with Crippen LogP contribution in [0.2, 0.25) is 15.1 Å². The first kappa shape index (κ1) is 30.2. The van der Waals surface area contributed by atoms with Crippen LogP contribution < -0.4 is 16.0 Å². The van der Waals surface area contributed by atoms with Crippen molar-refractivity contribution in [3.8, 4) is 0 Å². The van der Waals surface area contributed by atoms with Crippen molar-refractivity contribution in [2.75, 3.05) is 16.0 Å². The molecule has 4 rings (SSSR count). The van der Waals surface area contributed by atoms with Crippen molar-refractivity contribution in [3.63, 3.8) is 0 Å². The van der Waals surface area contributed by atoms with Crippen LogP contribution in [0.1, 0.15) is 21.8 Å². The first-order valence-electron chi connectivity index (χ1n) is 11.0. The van der Waals surface area contributed by atoms with E-state index in [-0.39, 0.29) is 21.3 Å². The standard InChI is InChI=1S/C25H14Cl5F4N3O3/c26-12-4-2-10(35-23(39)20-19(25(20,29)30)9-1-3-13(27)14(28)5-9)6-11(12)22(38)36-17-8-18(16(32)7-15(17)31)37-24(40)21(33)34/h1-8,19-21H,(H,35,39)(H,36,38)(H,37,40)/t19-,20?/m0/s1. The summed E-state index contributed by atoms with van der Waals surface area (Å²) >= 11 is 30.8. The molecule has 0 radical (unpaired) electrons. The summed E-state index contributed by atoms with van der Waals surface area (Å²) in [4.78, 5) is 37.1. The highest BCUT2D eigenvalue weighted by Crippen LogP contribution is 2.65. The van der Waals surface area contributed by atoms with Gasteiger partial charge in [-0.1, -0.05) is 40.9 Å². The van der Waals surface area contributed by atoms with Crippen LogP contribution in [0.4, 0.5) is 34.6 Å². The zero-order chi connectivity index (χ0) is 29.5. The van der Waals surface area contributed by atoms with Crippen LogP contribution in [0.15, 0.2) is 48.5 Å². The van der Waals surface area contributed by atoms with Crippen molar-refractivity contribution >= 4 is 92.8 Å². The third kappa shape index (κ3) is 6.26. The van der Waals surface area contributed by atoms with Crippen LogP contribution >= 0.6 is 58.0 Å². The second kappa shape index (κ2) is 11.6. The van der Waals surface area contributed by atoms with Gasteiger partial charge in [0.1, 0.15) is 16.0 Å². The first-order valence-corrected chi connectivity index (χ1v) is 12.9. The van der Waals surface area contributed by atoms with E-state index < -0.39 is 63.3 Å². The smallest absolute Gasteiger partial charge is 0.315 e. The summed E-state index contributed by atoms with van der Waals surface area (Å²) in [6, 6.07) is 9.48. The van der Waals surface area contributed by atoms with Gasteiger partial charge in [0.25, 0.3) is 11.8 Å². The largest absolute Gasteiger partial charge is 0.326 e. The van der Waals surface area contributed by atoms with Gasteiger partial charge in [-0.25, -0.2) is 8.78 Å². The fourth-order valence-electron chi connectivity index (χ4n) is 3.89. The van der Waals surface area contributed by atoms with E-state index in [4.69, 9.17) is 58.0 Å². The van der Waals surface area contributed by atoms with Gasteiger partial charge in [-0.05, 0) is 42.0 Å². The lowest BCUT2D eigenvalue weighted by Crippen LogP contribution is -2.21. The Balaban J connectivity index is 1.51. The number of hydrogen-bond donors (Lipinski definition) is 3. The molecule has 1 fully saturated rings. The molecule has 3 N–H and O–H groups in total. The topological polar surface area (TPSA) is 87.3 Å². The number of halogens is 9. The molecule has 1 aliphatic rings. The zero-order valence-corrected chi connectivity index (χ0v) is 23.3. The number of amides is 3. The fourth-order valence-corrected chi connectivity index (χ4v) is 5.23. The predicted octanol–water partition coefficient (Wildman–Crippen LogP) is 7.91. The highest BCUT2D eigenvalue weighted by Gasteiger charge is 2.67. The first-order chi connectivity index (χ1) is 18.7. The Morgan fingerprint density at radius 2 is 1.40 bits per heavy atom. The van der Waals surface area contributed by atoms with Gasteiger partial charge >= 0.3 is 6.43 Å². The summed E-state index contributed by atoms with van der Waals surface area (Å²) in [5, 5.41) is 6.75. The minimum absolute atomic E-state index is 0.103. The molecule has 0 spiro atoms. The van der Waals surface area contributed by atoms with Crippen LogP contribution in [-0.2, 0) is 9.59 Å². The number of alkyl halides is 4. The van der Waals surface area contributed by atoms with Crippen molar-refractivity contribution in [1.82, 2.24) is 0 Å². The maximum Gasteiger partial charge on any atom is 0.315 e. The maximum atomic E-state index is 14.3. The molecule has 2 atom stereocenters. The van der Waals surface area contributed by atoms with E-state index in [0.29, 0.717) is 22.7 Å². The summed E-state index contributed by atoms with van der Waals surface area (Å²) in [6.07, 6.45) is -3.46. The van der Waals surface area contributed by atoms with Crippen LogP contribution in [0, 0.1) is 17.6 Å². The average Bonchev–Trinajstić information content (AvgIpc) is 3.46. The van der Waals surface area contributed by atoms with Gasteiger partial charge in [-0.2, -0.15) is 8.78 Å². The molecular weight excluding hydrogens is 644 g/mol. The zero-order valence-electron chi connectivity index (χ0n) is 19.5. The second-order valence-electron chi connectivity index (χ2n) is 8.54. The van der Waals surface area contributed by atoms with Gasteiger partial charge in [-0.3, -0.25) is 14.4 Å². The van der Waals surface area contributed by atoms with E-state index in [1.54, 1.807) is 23.5 Å². The van der Waals surface area contributed by atoms with E-state index in [1.807, 2.05) is 0 Å². The number of hydrogen-bond acceptors (Lipinski definition) is 3. The molecular formula is C25H14Cl5F4N3O3. The minimum Gasteiger partial charge on any atom is -0.326 e. The van der Waals surface area contributed by atoms with Gasteiger partial charge < -0.3 is 16.0 Å². The highest BCUT2D eigenvalue weighted by molar-refractivity contribution is 6.53. The Morgan fingerprint density at radius 1 is 0.775 bits per heavy atom. The van der Waals surface area contributed by atoms with Crippen LogP contribution in [0.25, 0.3) is 0 Å². The van der Waals surface area contributed by atoms with E-state index in [0.717, 1.165) is 0 Å².